The number of anilines is 1. The number of carbonyl (C=O) groups excluding carboxylic acids is 1. The number of sulfonamides is 1. The third-order valence-electron chi connectivity index (χ3n) is 4.81. The Hall–Kier alpha value is -3.58. The van der Waals surface area contributed by atoms with Crippen molar-refractivity contribution in [2.75, 3.05) is 11.9 Å². The maximum absolute atomic E-state index is 12.9. The standard InChI is InChI=1S/C23H19N3O3S/c1-16(27)18-12-6-8-14-20(18)24-22-19-13-7-9-15-21(19)26(2)23(22)25-30(28,29)17-10-4-3-5-11-17/h3-15H,1-2H3/b24-22-,25-23?. The monoisotopic (exact) mass is 417 g/mol. The molecule has 0 unspecified atom stereocenters. The molecule has 0 N–H and O–H groups in total. The highest BCUT2D eigenvalue weighted by atomic mass is 32.2. The molecule has 0 aromatic heterocycles. The van der Waals surface area contributed by atoms with Crippen LogP contribution in [0.5, 0.6) is 0 Å². The fraction of sp³-hybridized carbons (Fsp3) is 0.0870. The molecule has 0 atom stereocenters. The summed E-state index contributed by atoms with van der Waals surface area (Å²) >= 11 is 0. The second kappa shape index (κ2) is 7.68. The van der Waals surface area contributed by atoms with Crippen LogP contribution in [0.4, 0.5) is 11.4 Å². The van der Waals surface area contributed by atoms with Crippen molar-refractivity contribution in [1.29, 1.82) is 0 Å². The van der Waals surface area contributed by atoms with E-state index in [9.17, 15) is 13.2 Å². The van der Waals surface area contributed by atoms with E-state index in [1.807, 2.05) is 24.3 Å². The number of benzene rings is 3. The largest absolute Gasteiger partial charge is 0.326 e. The van der Waals surface area contributed by atoms with Crippen LogP contribution in [-0.4, -0.2) is 32.8 Å². The second-order valence-electron chi connectivity index (χ2n) is 6.81. The first-order valence-electron chi connectivity index (χ1n) is 9.30. The lowest BCUT2D eigenvalue weighted by molar-refractivity contribution is 0.101. The van der Waals surface area contributed by atoms with Gasteiger partial charge in [-0.3, -0.25) is 4.79 Å². The molecule has 0 aliphatic carbocycles. The Bertz CT molecular complexity index is 1300. The van der Waals surface area contributed by atoms with E-state index in [1.165, 1.54) is 19.1 Å². The first kappa shape index (κ1) is 19.7. The van der Waals surface area contributed by atoms with Gasteiger partial charge in [0.25, 0.3) is 10.0 Å². The van der Waals surface area contributed by atoms with Crippen LogP contribution in [0.3, 0.4) is 0 Å². The van der Waals surface area contributed by atoms with Crippen LogP contribution >= 0.6 is 0 Å². The van der Waals surface area contributed by atoms with Crippen LogP contribution in [0.2, 0.25) is 0 Å². The Morgan fingerprint density at radius 2 is 1.50 bits per heavy atom. The topological polar surface area (TPSA) is 79.2 Å². The Balaban J connectivity index is 1.94. The smallest absolute Gasteiger partial charge is 0.284 e. The zero-order valence-corrected chi connectivity index (χ0v) is 17.3. The molecule has 150 valence electrons. The summed E-state index contributed by atoms with van der Waals surface area (Å²) in [6, 6.07) is 22.5. The molecule has 1 aliphatic rings. The van der Waals surface area contributed by atoms with Crippen molar-refractivity contribution in [3.8, 4) is 0 Å². The van der Waals surface area contributed by atoms with Crippen molar-refractivity contribution >= 4 is 38.7 Å². The molecule has 1 heterocycles. The van der Waals surface area contributed by atoms with Crippen LogP contribution in [0, 0.1) is 0 Å². The minimum atomic E-state index is -3.95. The Morgan fingerprint density at radius 3 is 2.23 bits per heavy atom. The molecule has 0 fully saturated rings. The van der Waals surface area contributed by atoms with Crippen LogP contribution in [-0.2, 0) is 10.0 Å². The Kier molecular flexibility index (Phi) is 5.05. The molecular formula is C23H19N3O3S. The third kappa shape index (κ3) is 3.55. The highest BCUT2D eigenvalue weighted by molar-refractivity contribution is 7.90. The van der Waals surface area contributed by atoms with Gasteiger partial charge in [-0.15, -0.1) is 4.40 Å². The predicted octanol–water partition coefficient (Wildman–Crippen LogP) is 4.25. The molecule has 3 aromatic rings. The van der Waals surface area contributed by atoms with Gasteiger partial charge in [-0.2, -0.15) is 8.42 Å². The van der Waals surface area contributed by atoms with Crippen LogP contribution < -0.4 is 4.90 Å². The predicted molar refractivity (Wildman–Crippen MR) is 119 cm³/mol. The summed E-state index contributed by atoms with van der Waals surface area (Å²) in [6.45, 7) is 1.47. The molecule has 0 spiro atoms. The molecular weight excluding hydrogens is 398 g/mol. The molecule has 30 heavy (non-hydrogen) atoms. The van der Waals surface area contributed by atoms with Gasteiger partial charge >= 0.3 is 0 Å². The van der Waals surface area contributed by atoms with Crippen LogP contribution in [0.15, 0.2) is 93.1 Å². The number of fused-ring (bicyclic) bond motifs is 1. The van der Waals surface area contributed by atoms with E-state index in [2.05, 4.69) is 9.39 Å². The molecule has 4 rings (SSSR count). The fourth-order valence-electron chi connectivity index (χ4n) is 3.32. The van der Waals surface area contributed by atoms with Crippen LogP contribution in [0.1, 0.15) is 22.8 Å². The highest BCUT2D eigenvalue weighted by Crippen LogP contribution is 2.32. The fourth-order valence-corrected chi connectivity index (χ4v) is 4.37. The van der Waals surface area contributed by atoms with E-state index < -0.39 is 10.0 Å². The number of amidine groups is 1. The van der Waals surface area contributed by atoms with E-state index in [0.29, 0.717) is 17.0 Å². The van der Waals surface area contributed by atoms with Gasteiger partial charge in [-0.1, -0.05) is 48.5 Å². The molecule has 6 nitrogen and oxygen atoms in total. The van der Waals surface area contributed by atoms with Crippen molar-refractivity contribution in [1.82, 2.24) is 0 Å². The number of nitrogens with zero attached hydrogens (tertiary/aromatic N) is 3. The van der Waals surface area contributed by atoms with Gasteiger partial charge in [0, 0.05) is 18.2 Å². The minimum Gasteiger partial charge on any atom is -0.326 e. The van der Waals surface area contributed by atoms with E-state index in [4.69, 9.17) is 0 Å². The van der Waals surface area contributed by atoms with Gasteiger partial charge in [-0.05, 0) is 37.3 Å². The molecule has 0 amide bonds. The van der Waals surface area contributed by atoms with Gasteiger partial charge in [-0.25, -0.2) is 4.99 Å². The summed E-state index contributed by atoms with van der Waals surface area (Å²) in [5.74, 6) is 0.0865. The first-order valence-corrected chi connectivity index (χ1v) is 10.7. The van der Waals surface area contributed by atoms with Crippen molar-refractivity contribution in [3.05, 3.63) is 90.0 Å². The maximum Gasteiger partial charge on any atom is 0.284 e. The molecule has 1 aliphatic heterocycles. The summed E-state index contributed by atoms with van der Waals surface area (Å²) in [5.41, 5.74) is 2.87. The number of carbonyl (C=O) groups is 1. The average Bonchev–Trinajstić information content (AvgIpc) is 3.00. The first-order chi connectivity index (χ1) is 14.4. The van der Waals surface area contributed by atoms with E-state index in [0.717, 1.165) is 11.3 Å². The number of para-hydroxylation sites is 2. The van der Waals surface area contributed by atoms with E-state index in [-0.39, 0.29) is 16.5 Å². The normalized spacial score (nSPS) is 16.1. The number of aliphatic imine (C=N–C) groups is 1. The van der Waals surface area contributed by atoms with Gasteiger partial charge in [0.05, 0.1) is 16.3 Å². The Morgan fingerprint density at radius 1 is 0.867 bits per heavy atom. The van der Waals surface area contributed by atoms with Crippen molar-refractivity contribution in [3.63, 3.8) is 0 Å². The van der Waals surface area contributed by atoms with Crippen molar-refractivity contribution in [2.24, 2.45) is 9.39 Å². The van der Waals surface area contributed by atoms with E-state index in [1.54, 1.807) is 54.4 Å². The third-order valence-corrected chi connectivity index (χ3v) is 6.09. The molecule has 0 saturated carbocycles. The number of hydrogen-bond donors (Lipinski definition) is 0. The van der Waals surface area contributed by atoms with Crippen molar-refractivity contribution in [2.45, 2.75) is 11.8 Å². The lowest BCUT2D eigenvalue weighted by Gasteiger charge is -2.13. The highest BCUT2D eigenvalue weighted by Gasteiger charge is 2.31. The second-order valence-corrected chi connectivity index (χ2v) is 8.42. The summed E-state index contributed by atoms with van der Waals surface area (Å²) in [4.78, 5) is 18.5. The maximum atomic E-state index is 12.9. The lowest BCUT2D eigenvalue weighted by Crippen LogP contribution is -2.27. The lowest BCUT2D eigenvalue weighted by atomic mass is 10.1. The van der Waals surface area contributed by atoms with Gasteiger partial charge in [0.2, 0.25) is 0 Å². The van der Waals surface area contributed by atoms with Gasteiger partial charge in [0.15, 0.2) is 11.6 Å². The Labute approximate surface area is 175 Å². The van der Waals surface area contributed by atoms with Gasteiger partial charge in [0.1, 0.15) is 5.71 Å². The van der Waals surface area contributed by atoms with E-state index >= 15 is 0 Å². The number of hydrogen-bond acceptors (Lipinski definition) is 4. The quantitative estimate of drug-likeness (QED) is 0.595. The number of rotatable bonds is 4. The summed E-state index contributed by atoms with van der Waals surface area (Å²) in [7, 11) is -2.20. The molecule has 0 saturated heterocycles. The molecule has 3 aromatic carbocycles. The zero-order chi connectivity index (χ0) is 21.3. The van der Waals surface area contributed by atoms with Crippen LogP contribution in [0.25, 0.3) is 0 Å². The molecule has 7 heteroatoms. The average molecular weight is 417 g/mol. The zero-order valence-electron chi connectivity index (χ0n) is 16.5. The molecule has 0 bridgehead atoms. The van der Waals surface area contributed by atoms with Gasteiger partial charge < -0.3 is 4.90 Å². The minimum absolute atomic E-state index is 0.102. The SMILES string of the molecule is CC(=O)c1ccccc1/N=C1\C(=NS(=O)(=O)c2ccccc2)N(C)c2ccccc21. The number of likely N-dealkylation sites (N-methyl/N-ethyl adjacent to an activating group) is 1. The summed E-state index contributed by atoms with van der Waals surface area (Å²) < 4.78 is 30.0. The molecule has 0 radical (unpaired) electrons. The number of ketones is 1. The van der Waals surface area contributed by atoms with Crippen molar-refractivity contribution < 1.29 is 13.2 Å². The summed E-state index contributed by atoms with van der Waals surface area (Å²) in [6.07, 6.45) is 0. The summed E-state index contributed by atoms with van der Waals surface area (Å²) in [5, 5.41) is 0. The number of Topliss-reactive ketones (excluding diaryl/α,β-unsaturated/α-hetero) is 1.